The van der Waals surface area contributed by atoms with E-state index in [1.165, 1.54) is 33.0 Å². The van der Waals surface area contributed by atoms with E-state index in [0.29, 0.717) is 13.2 Å². The quantitative estimate of drug-likeness (QED) is 0.719. The molecule has 0 amide bonds. The highest BCUT2D eigenvalue weighted by molar-refractivity contribution is 5.96. The minimum absolute atomic E-state index is 0.0954. The largest absolute Gasteiger partial charge is 0.384 e. The zero-order chi connectivity index (χ0) is 19.3. The Morgan fingerprint density at radius 1 is 0.885 bits per heavy atom. The van der Waals surface area contributed by atoms with Gasteiger partial charge in [0, 0.05) is 19.6 Å². The fraction of sp³-hybridized carbons (Fsp3) is 0.583. The molecule has 2 nitrogen and oxygen atoms in total. The molecular formula is C24H34O2. The molecule has 0 N–H and O–H groups in total. The smallest absolute Gasteiger partial charge is 0.0584 e. The minimum Gasteiger partial charge on any atom is -0.384 e. The number of ether oxygens (including phenoxy) is 2. The summed E-state index contributed by atoms with van der Waals surface area (Å²) in [6.45, 7) is 15.3. The van der Waals surface area contributed by atoms with E-state index in [0.717, 1.165) is 6.42 Å². The molecule has 3 rings (SSSR count). The fourth-order valence-electron chi connectivity index (χ4n) is 4.75. The van der Waals surface area contributed by atoms with Crippen molar-refractivity contribution >= 4 is 10.8 Å². The Hall–Kier alpha value is -1.38. The van der Waals surface area contributed by atoms with Crippen molar-refractivity contribution in [2.24, 2.45) is 0 Å². The molecule has 0 aliphatic heterocycles. The highest BCUT2D eigenvalue weighted by Crippen LogP contribution is 2.49. The molecule has 142 valence electrons. The van der Waals surface area contributed by atoms with Crippen LogP contribution in [0.5, 0.6) is 0 Å². The normalized spacial score (nSPS) is 16.5. The van der Waals surface area contributed by atoms with E-state index in [1.807, 2.05) is 0 Å². The Labute approximate surface area is 158 Å². The lowest BCUT2D eigenvalue weighted by atomic mass is 9.76. The Bertz CT molecular complexity index is 813. The number of methoxy groups -OCH3 is 2. The van der Waals surface area contributed by atoms with Crippen LogP contribution in [0, 0.1) is 0 Å². The van der Waals surface area contributed by atoms with E-state index >= 15 is 0 Å². The Balaban J connectivity index is 2.42. The maximum atomic E-state index is 5.69. The summed E-state index contributed by atoms with van der Waals surface area (Å²) in [5.74, 6) is 0. The van der Waals surface area contributed by atoms with Gasteiger partial charge in [-0.25, -0.2) is 0 Å². The molecule has 0 aromatic heterocycles. The highest BCUT2D eigenvalue weighted by Gasteiger charge is 2.43. The Morgan fingerprint density at radius 2 is 1.46 bits per heavy atom. The maximum Gasteiger partial charge on any atom is 0.0584 e. The van der Waals surface area contributed by atoms with E-state index < -0.39 is 0 Å². The van der Waals surface area contributed by atoms with Crippen LogP contribution >= 0.6 is 0 Å². The van der Waals surface area contributed by atoms with Crippen LogP contribution in [-0.4, -0.2) is 27.4 Å². The first kappa shape index (κ1) is 19.4. The van der Waals surface area contributed by atoms with Crippen molar-refractivity contribution in [2.45, 2.75) is 64.2 Å². The molecule has 1 aliphatic carbocycles. The standard InChI is InChI=1S/C24H34O2/c1-22(2,3)19-12-20(23(4,5)6)17-13-24(14-25-7,15-26-8)18-11-9-10-16(19)21(17)18/h9-12H,13-15H2,1-8H3. The molecule has 0 spiro atoms. The molecule has 0 radical (unpaired) electrons. The summed E-state index contributed by atoms with van der Waals surface area (Å²) < 4.78 is 11.4. The zero-order valence-corrected chi connectivity index (χ0v) is 17.7. The molecule has 0 heterocycles. The summed E-state index contributed by atoms with van der Waals surface area (Å²) in [7, 11) is 3.59. The third-order valence-electron chi connectivity index (χ3n) is 5.81. The van der Waals surface area contributed by atoms with Crippen LogP contribution in [0.1, 0.15) is 63.8 Å². The SMILES string of the molecule is COCC1(COC)Cc2c(C(C)(C)C)cc(C(C)(C)C)c3cccc1c23. The van der Waals surface area contributed by atoms with Gasteiger partial charge in [0.1, 0.15) is 0 Å². The van der Waals surface area contributed by atoms with Crippen molar-refractivity contribution in [2.75, 3.05) is 27.4 Å². The topological polar surface area (TPSA) is 18.5 Å². The molecule has 0 fully saturated rings. The maximum absolute atomic E-state index is 5.69. The lowest BCUT2D eigenvalue weighted by molar-refractivity contribution is 0.0622. The first-order valence-corrected chi connectivity index (χ1v) is 9.63. The van der Waals surface area contributed by atoms with Crippen molar-refractivity contribution in [3.8, 4) is 0 Å². The van der Waals surface area contributed by atoms with Crippen molar-refractivity contribution in [1.29, 1.82) is 0 Å². The van der Waals surface area contributed by atoms with Crippen LogP contribution in [-0.2, 0) is 32.1 Å². The summed E-state index contributed by atoms with van der Waals surface area (Å²) in [4.78, 5) is 0. The van der Waals surface area contributed by atoms with Crippen molar-refractivity contribution in [3.05, 3.63) is 46.5 Å². The molecule has 2 aromatic rings. The summed E-state index contributed by atoms with van der Waals surface area (Å²) in [5.41, 5.74) is 5.90. The van der Waals surface area contributed by atoms with Gasteiger partial charge in [-0.2, -0.15) is 0 Å². The van der Waals surface area contributed by atoms with Gasteiger partial charge in [-0.15, -0.1) is 0 Å². The fourth-order valence-corrected chi connectivity index (χ4v) is 4.75. The second-order valence-corrected chi connectivity index (χ2v) is 10.0. The lowest BCUT2D eigenvalue weighted by Gasteiger charge is -2.30. The molecule has 0 bridgehead atoms. The monoisotopic (exact) mass is 354 g/mol. The van der Waals surface area contributed by atoms with Crippen molar-refractivity contribution in [1.82, 2.24) is 0 Å². The number of hydrogen-bond acceptors (Lipinski definition) is 2. The molecular weight excluding hydrogens is 320 g/mol. The van der Waals surface area contributed by atoms with Crippen LogP contribution < -0.4 is 0 Å². The van der Waals surface area contributed by atoms with E-state index in [1.54, 1.807) is 14.2 Å². The van der Waals surface area contributed by atoms with Gasteiger partial charge in [0.05, 0.1) is 13.2 Å². The molecule has 0 atom stereocenters. The molecule has 0 saturated heterocycles. The first-order valence-electron chi connectivity index (χ1n) is 9.63. The van der Waals surface area contributed by atoms with Gasteiger partial charge in [-0.1, -0.05) is 65.8 Å². The van der Waals surface area contributed by atoms with Crippen LogP contribution in [0.3, 0.4) is 0 Å². The third-order valence-corrected chi connectivity index (χ3v) is 5.81. The summed E-state index contributed by atoms with van der Waals surface area (Å²) in [6, 6.07) is 9.26. The lowest BCUT2D eigenvalue weighted by Crippen LogP contribution is -2.36. The third kappa shape index (κ3) is 2.97. The van der Waals surface area contributed by atoms with Gasteiger partial charge in [-0.3, -0.25) is 0 Å². The highest BCUT2D eigenvalue weighted by atomic mass is 16.5. The van der Waals surface area contributed by atoms with Gasteiger partial charge < -0.3 is 9.47 Å². The van der Waals surface area contributed by atoms with E-state index in [4.69, 9.17) is 9.47 Å². The molecule has 0 saturated carbocycles. The Morgan fingerprint density at radius 3 is 1.96 bits per heavy atom. The van der Waals surface area contributed by atoms with Crippen LogP contribution in [0.4, 0.5) is 0 Å². The second-order valence-electron chi connectivity index (χ2n) is 10.0. The summed E-state index contributed by atoms with van der Waals surface area (Å²) in [5, 5.41) is 2.84. The number of benzene rings is 2. The van der Waals surface area contributed by atoms with Gasteiger partial charge in [0.25, 0.3) is 0 Å². The molecule has 2 aromatic carbocycles. The van der Waals surface area contributed by atoms with Crippen molar-refractivity contribution < 1.29 is 9.47 Å². The van der Waals surface area contributed by atoms with Gasteiger partial charge in [-0.05, 0) is 50.3 Å². The first-order chi connectivity index (χ1) is 12.0. The van der Waals surface area contributed by atoms with Gasteiger partial charge in [0.15, 0.2) is 0 Å². The van der Waals surface area contributed by atoms with Crippen molar-refractivity contribution in [3.63, 3.8) is 0 Å². The van der Waals surface area contributed by atoms with Crippen LogP contribution in [0.2, 0.25) is 0 Å². The number of hydrogen-bond donors (Lipinski definition) is 0. The van der Waals surface area contributed by atoms with Gasteiger partial charge >= 0.3 is 0 Å². The van der Waals surface area contributed by atoms with Crippen LogP contribution in [0.15, 0.2) is 24.3 Å². The minimum atomic E-state index is -0.0954. The van der Waals surface area contributed by atoms with E-state index in [2.05, 4.69) is 65.8 Å². The predicted octanol–water partition coefficient (Wildman–Crippen LogP) is 5.52. The Kier molecular flexibility index (Phi) is 4.74. The summed E-state index contributed by atoms with van der Waals surface area (Å²) in [6.07, 6.45) is 0.988. The average Bonchev–Trinajstić information content (AvgIpc) is 2.82. The predicted molar refractivity (Wildman–Crippen MR) is 110 cm³/mol. The zero-order valence-electron chi connectivity index (χ0n) is 17.7. The average molecular weight is 355 g/mol. The molecule has 1 aliphatic rings. The molecule has 26 heavy (non-hydrogen) atoms. The summed E-state index contributed by atoms with van der Waals surface area (Å²) >= 11 is 0. The van der Waals surface area contributed by atoms with E-state index in [-0.39, 0.29) is 16.2 Å². The van der Waals surface area contributed by atoms with Crippen LogP contribution in [0.25, 0.3) is 10.8 Å². The molecule has 0 unspecified atom stereocenters. The van der Waals surface area contributed by atoms with Gasteiger partial charge in [0.2, 0.25) is 0 Å². The van der Waals surface area contributed by atoms with E-state index in [9.17, 15) is 0 Å². The molecule has 2 heteroatoms. The number of rotatable bonds is 4. The second kappa shape index (κ2) is 6.35.